The first-order valence-electron chi connectivity index (χ1n) is 6.89. The monoisotopic (exact) mass is 295 g/mol. The lowest BCUT2D eigenvalue weighted by Gasteiger charge is -2.27. The van der Waals surface area contributed by atoms with Gasteiger partial charge >= 0.3 is 0 Å². The number of hydrogen-bond donors (Lipinski definition) is 1. The highest BCUT2D eigenvalue weighted by Gasteiger charge is 2.23. The molecule has 1 fully saturated rings. The van der Waals surface area contributed by atoms with Crippen LogP contribution < -0.4 is 5.32 Å². The van der Waals surface area contributed by atoms with Gasteiger partial charge in [-0.25, -0.2) is 4.39 Å². The minimum absolute atomic E-state index is 0.249. The molecule has 0 radical (unpaired) electrons. The van der Waals surface area contributed by atoms with E-state index < -0.39 is 16.6 Å². The number of hydrogen-bond acceptors (Lipinski definition) is 4. The number of carbonyl (C=O) groups excluding carboxylic acids is 1. The minimum atomic E-state index is -0.734. The lowest BCUT2D eigenvalue weighted by atomic mass is 9.97. The van der Waals surface area contributed by atoms with Gasteiger partial charge in [-0.05, 0) is 37.9 Å². The molecule has 0 spiro atoms. The summed E-state index contributed by atoms with van der Waals surface area (Å²) in [6.45, 7) is 2.36. The standard InChI is InChI=1S/C14H18FN3O3/c1-17(9-10-4-6-16-7-5-10)14(19)12-8-11(18(20)21)2-3-13(12)15/h2-3,8,10,16H,4-7,9H2,1H3. The van der Waals surface area contributed by atoms with Gasteiger partial charge in [-0.15, -0.1) is 0 Å². The van der Waals surface area contributed by atoms with E-state index in [0.717, 1.165) is 44.1 Å². The Hall–Kier alpha value is -2.02. The molecule has 1 aromatic rings. The lowest BCUT2D eigenvalue weighted by Crippen LogP contribution is -2.37. The summed E-state index contributed by atoms with van der Waals surface area (Å²) in [5.74, 6) is -0.876. The van der Waals surface area contributed by atoms with E-state index in [9.17, 15) is 19.3 Å². The number of nitrogens with one attached hydrogen (secondary N) is 1. The fourth-order valence-corrected chi connectivity index (χ4v) is 2.53. The molecule has 1 aliphatic rings. The Morgan fingerprint density at radius 2 is 2.14 bits per heavy atom. The zero-order chi connectivity index (χ0) is 15.4. The van der Waals surface area contributed by atoms with E-state index >= 15 is 0 Å². The Morgan fingerprint density at radius 3 is 2.76 bits per heavy atom. The predicted octanol–water partition coefficient (Wildman–Crippen LogP) is 1.81. The second-order valence-corrected chi connectivity index (χ2v) is 5.30. The molecule has 6 nitrogen and oxygen atoms in total. The van der Waals surface area contributed by atoms with E-state index in [1.807, 2.05) is 0 Å². The van der Waals surface area contributed by atoms with Gasteiger partial charge < -0.3 is 10.2 Å². The third-order valence-electron chi connectivity index (χ3n) is 3.73. The second kappa shape index (κ2) is 6.62. The second-order valence-electron chi connectivity index (χ2n) is 5.30. The topological polar surface area (TPSA) is 75.5 Å². The van der Waals surface area contributed by atoms with E-state index in [1.165, 1.54) is 4.90 Å². The van der Waals surface area contributed by atoms with Crippen LogP contribution in [0.25, 0.3) is 0 Å². The van der Waals surface area contributed by atoms with Crippen molar-refractivity contribution < 1.29 is 14.1 Å². The summed E-state index contributed by atoms with van der Waals surface area (Å²) < 4.78 is 13.7. The molecular weight excluding hydrogens is 277 g/mol. The average molecular weight is 295 g/mol. The molecule has 2 rings (SSSR count). The van der Waals surface area contributed by atoms with Gasteiger partial charge in [-0.3, -0.25) is 14.9 Å². The summed E-state index contributed by atoms with van der Waals surface area (Å²) in [6.07, 6.45) is 1.93. The van der Waals surface area contributed by atoms with Crippen LogP contribution in [0, 0.1) is 21.8 Å². The van der Waals surface area contributed by atoms with Crippen LogP contribution in [-0.2, 0) is 0 Å². The van der Waals surface area contributed by atoms with Crippen molar-refractivity contribution in [1.29, 1.82) is 0 Å². The van der Waals surface area contributed by atoms with Crippen molar-refractivity contribution in [3.8, 4) is 0 Å². The molecule has 1 amide bonds. The molecule has 0 bridgehead atoms. The van der Waals surface area contributed by atoms with E-state index in [1.54, 1.807) is 7.05 Å². The van der Waals surface area contributed by atoms with Gasteiger partial charge in [0.15, 0.2) is 0 Å². The third-order valence-corrected chi connectivity index (χ3v) is 3.73. The molecule has 1 heterocycles. The summed E-state index contributed by atoms with van der Waals surface area (Å²) in [4.78, 5) is 23.8. The number of nitro groups is 1. The van der Waals surface area contributed by atoms with Crippen LogP contribution in [-0.4, -0.2) is 42.4 Å². The highest BCUT2D eigenvalue weighted by Crippen LogP contribution is 2.20. The van der Waals surface area contributed by atoms with Crippen molar-refractivity contribution in [2.24, 2.45) is 5.92 Å². The van der Waals surface area contributed by atoms with E-state index in [2.05, 4.69) is 5.32 Å². The number of rotatable bonds is 4. The molecule has 1 aliphatic heterocycles. The Kier molecular flexibility index (Phi) is 4.85. The molecular formula is C14H18FN3O3. The Bertz CT molecular complexity index is 544. The molecule has 1 N–H and O–H groups in total. The van der Waals surface area contributed by atoms with Gasteiger partial charge in [0.1, 0.15) is 5.82 Å². The fourth-order valence-electron chi connectivity index (χ4n) is 2.53. The number of benzene rings is 1. The van der Waals surface area contributed by atoms with Crippen molar-refractivity contribution in [3.63, 3.8) is 0 Å². The molecule has 0 aliphatic carbocycles. The van der Waals surface area contributed by atoms with Crippen LogP contribution in [0.2, 0.25) is 0 Å². The molecule has 0 unspecified atom stereocenters. The van der Waals surface area contributed by atoms with Crippen LogP contribution in [0.15, 0.2) is 18.2 Å². The molecule has 1 aromatic carbocycles. The summed E-state index contributed by atoms with van der Waals surface area (Å²) in [6, 6.07) is 3.01. The Balaban J connectivity index is 2.10. The number of non-ortho nitro benzene ring substituents is 1. The summed E-state index contributed by atoms with van der Waals surface area (Å²) in [5.41, 5.74) is -0.532. The highest BCUT2D eigenvalue weighted by molar-refractivity contribution is 5.95. The molecule has 0 saturated carbocycles. The maximum atomic E-state index is 13.7. The van der Waals surface area contributed by atoms with Crippen LogP contribution in [0.4, 0.5) is 10.1 Å². The van der Waals surface area contributed by atoms with Crippen molar-refractivity contribution in [2.45, 2.75) is 12.8 Å². The molecule has 0 atom stereocenters. The van der Waals surface area contributed by atoms with Gasteiger partial charge in [-0.1, -0.05) is 0 Å². The van der Waals surface area contributed by atoms with E-state index in [0.29, 0.717) is 12.5 Å². The summed E-state index contributed by atoms with van der Waals surface area (Å²) >= 11 is 0. The third kappa shape index (κ3) is 3.75. The SMILES string of the molecule is CN(CC1CCNCC1)C(=O)c1cc([N+](=O)[O-])ccc1F. The predicted molar refractivity (Wildman–Crippen MR) is 75.6 cm³/mol. The zero-order valence-corrected chi connectivity index (χ0v) is 11.8. The molecule has 21 heavy (non-hydrogen) atoms. The number of carbonyl (C=O) groups is 1. The quantitative estimate of drug-likeness (QED) is 0.679. The number of nitrogens with zero attached hydrogens (tertiary/aromatic N) is 2. The first-order chi connectivity index (χ1) is 9.99. The number of piperidine rings is 1. The minimum Gasteiger partial charge on any atom is -0.341 e. The smallest absolute Gasteiger partial charge is 0.270 e. The normalized spacial score (nSPS) is 15.7. The molecule has 114 valence electrons. The van der Waals surface area contributed by atoms with Crippen LogP contribution in [0.3, 0.4) is 0 Å². The lowest BCUT2D eigenvalue weighted by molar-refractivity contribution is -0.384. The maximum Gasteiger partial charge on any atom is 0.270 e. The van der Waals surface area contributed by atoms with Gasteiger partial charge in [-0.2, -0.15) is 0 Å². The summed E-state index contributed by atoms with van der Waals surface area (Å²) in [7, 11) is 1.60. The van der Waals surface area contributed by atoms with E-state index in [4.69, 9.17) is 0 Å². The molecule has 7 heteroatoms. The van der Waals surface area contributed by atoms with Crippen LogP contribution >= 0.6 is 0 Å². The number of nitro benzene ring substituents is 1. The van der Waals surface area contributed by atoms with Gasteiger partial charge in [0, 0.05) is 25.7 Å². The molecule has 1 saturated heterocycles. The van der Waals surface area contributed by atoms with Gasteiger partial charge in [0.25, 0.3) is 11.6 Å². The summed E-state index contributed by atoms with van der Waals surface area (Å²) in [5, 5.41) is 14.0. The Morgan fingerprint density at radius 1 is 1.48 bits per heavy atom. The fraction of sp³-hybridized carbons (Fsp3) is 0.500. The maximum absolute atomic E-state index is 13.7. The van der Waals surface area contributed by atoms with E-state index in [-0.39, 0.29) is 11.3 Å². The first-order valence-corrected chi connectivity index (χ1v) is 6.89. The van der Waals surface area contributed by atoms with Crippen LogP contribution in [0.1, 0.15) is 23.2 Å². The van der Waals surface area contributed by atoms with Crippen molar-refractivity contribution in [3.05, 3.63) is 39.7 Å². The molecule has 0 aromatic heterocycles. The Labute approximate surface area is 122 Å². The van der Waals surface area contributed by atoms with Gasteiger partial charge in [0.2, 0.25) is 0 Å². The highest BCUT2D eigenvalue weighted by atomic mass is 19.1. The van der Waals surface area contributed by atoms with Crippen LogP contribution in [0.5, 0.6) is 0 Å². The van der Waals surface area contributed by atoms with Gasteiger partial charge in [0.05, 0.1) is 10.5 Å². The van der Waals surface area contributed by atoms with Crippen molar-refractivity contribution in [1.82, 2.24) is 10.2 Å². The zero-order valence-electron chi connectivity index (χ0n) is 11.8. The number of amides is 1. The largest absolute Gasteiger partial charge is 0.341 e. The number of halogens is 1. The van der Waals surface area contributed by atoms with Crippen molar-refractivity contribution in [2.75, 3.05) is 26.7 Å². The first kappa shape index (κ1) is 15.4. The van der Waals surface area contributed by atoms with Crippen molar-refractivity contribution >= 4 is 11.6 Å². The average Bonchev–Trinajstić information content (AvgIpc) is 2.47.